The van der Waals surface area contributed by atoms with Crippen LogP contribution in [0.3, 0.4) is 0 Å². The average Bonchev–Trinajstić information content (AvgIpc) is 3.15. The summed E-state index contributed by atoms with van der Waals surface area (Å²) in [4.78, 5) is 28.6. The largest absolute Gasteiger partial charge is 0.486 e. The van der Waals surface area contributed by atoms with Crippen LogP contribution in [0.25, 0.3) is 6.08 Å². The van der Waals surface area contributed by atoms with Crippen LogP contribution >= 0.6 is 55.2 Å². The first-order valence-corrected chi connectivity index (χ1v) is 13.4. The highest BCUT2D eigenvalue weighted by molar-refractivity contribution is 9.10. The molecule has 0 bridgehead atoms. The first-order valence-electron chi connectivity index (χ1n) is 10.6. The molecule has 1 amide bonds. The quantitative estimate of drug-likeness (QED) is 0.268. The molecule has 1 aliphatic rings. The third-order valence-corrected chi connectivity index (χ3v) is 8.24. The van der Waals surface area contributed by atoms with E-state index in [-0.39, 0.29) is 18.1 Å². The molecule has 1 fully saturated rings. The molecule has 36 heavy (non-hydrogen) atoms. The van der Waals surface area contributed by atoms with Crippen LogP contribution in [0.15, 0.2) is 67.4 Å². The maximum Gasteiger partial charge on any atom is 0.335 e. The molecule has 0 unspecified atom stereocenters. The topological polar surface area (TPSA) is 88.0 Å². The number of carbonyl (C=O) groups excluding carboxylic acids is 1. The Morgan fingerprint density at radius 3 is 2.42 bits per heavy atom. The van der Waals surface area contributed by atoms with Crippen molar-refractivity contribution >= 4 is 84.0 Å². The number of hydrogen-bond acceptors (Lipinski definition) is 5. The number of rotatable bonds is 6. The second-order valence-electron chi connectivity index (χ2n) is 7.98. The maximum absolute atomic E-state index is 12.5. The number of halogens is 3. The normalized spacial score (nSPS) is 15.4. The number of carboxylic acids is 1. The minimum Gasteiger partial charge on any atom is -0.486 e. The fourth-order valence-corrected chi connectivity index (χ4v) is 5.50. The monoisotopic (exact) mass is 648 g/mol. The van der Waals surface area contributed by atoms with Crippen molar-refractivity contribution in [1.29, 1.82) is 0 Å². The molecule has 0 saturated carbocycles. The Morgan fingerprint density at radius 2 is 1.81 bits per heavy atom. The number of aliphatic imine (C=N–C) groups is 1. The van der Waals surface area contributed by atoms with Crippen molar-refractivity contribution in [2.45, 2.75) is 20.5 Å². The van der Waals surface area contributed by atoms with Crippen LogP contribution in [0.2, 0.25) is 5.02 Å². The van der Waals surface area contributed by atoms with E-state index in [1.165, 1.54) is 23.9 Å². The molecular formula is C26H19Br2ClN2O4S. The summed E-state index contributed by atoms with van der Waals surface area (Å²) in [5, 5.41) is 12.7. The van der Waals surface area contributed by atoms with E-state index in [4.69, 9.17) is 21.4 Å². The van der Waals surface area contributed by atoms with Crippen LogP contribution in [0.1, 0.15) is 32.6 Å². The molecule has 1 saturated heterocycles. The number of hydrogen-bond donors (Lipinski definition) is 2. The fraction of sp³-hybridized carbons (Fsp3) is 0.115. The molecule has 10 heteroatoms. The lowest BCUT2D eigenvalue weighted by Gasteiger charge is -2.11. The molecule has 1 aliphatic heterocycles. The van der Waals surface area contributed by atoms with Crippen molar-refractivity contribution in [2.75, 3.05) is 0 Å². The molecule has 0 radical (unpaired) electrons. The van der Waals surface area contributed by atoms with Gasteiger partial charge in [-0.05, 0) is 106 Å². The van der Waals surface area contributed by atoms with E-state index in [0.717, 1.165) is 32.4 Å². The summed E-state index contributed by atoms with van der Waals surface area (Å²) in [5.74, 6) is -0.765. The van der Waals surface area contributed by atoms with Crippen molar-refractivity contribution < 1.29 is 19.4 Å². The SMILES string of the molecule is Cc1cc(N=C2NC(=O)/C(=C/c3cc(Cl)c(OCc4ccc(C(=O)O)cc4)c(Br)c3)S2)cc(C)c1Br. The molecule has 3 aromatic carbocycles. The van der Waals surface area contributed by atoms with Gasteiger partial charge in [-0.15, -0.1) is 0 Å². The zero-order chi connectivity index (χ0) is 26.0. The summed E-state index contributed by atoms with van der Waals surface area (Å²) in [6, 6.07) is 13.9. The van der Waals surface area contributed by atoms with Gasteiger partial charge in [-0.3, -0.25) is 4.79 Å². The number of nitrogens with one attached hydrogen (secondary N) is 1. The lowest BCUT2D eigenvalue weighted by Crippen LogP contribution is -2.19. The predicted molar refractivity (Wildman–Crippen MR) is 151 cm³/mol. The van der Waals surface area contributed by atoms with Crippen LogP contribution in [0, 0.1) is 13.8 Å². The minimum atomic E-state index is -0.982. The van der Waals surface area contributed by atoms with Gasteiger partial charge in [0.1, 0.15) is 6.61 Å². The number of nitrogens with zero attached hydrogens (tertiary/aromatic N) is 1. The Hall–Kier alpha value is -2.59. The number of carboxylic acid groups (broad SMARTS) is 1. The van der Waals surface area contributed by atoms with Gasteiger partial charge in [-0.2, -0.15) is 0 Å². The van der Waals surface area contributed by atoms with Crippen LogP contribution in [-0.4, -0.2) is 22.2 Å². The Balaban J connectivity index is 1.49. The van der Waals surface area contributed by atoms with Crippen molar-refractivity contribution in [3.63, 3.8) is 0 Å². The molecule has 184 valence electrons. The molecule has 3 aromatic rings. The van der Waals surface area contributed by atoms with E-state index in [2.05, 4.69) is 42.2 Å². The number of amides is 1. The number of aryl methyl sites for hydroxylation is 2. The Morgan fingerprint density at radius 1 is 1.14 bits per heavy atom. The van der Waals surface area contributed by atoms with Gasteiger partial charge in [0, 0.05) is 4.47 Å². The van der Waals surface area contributed by atoms with Crippen LogP contribution in [0.4, 0.5) is 5.69 Å². The van der Waals surface area contributed by atoms with Crippen LogP contribution < -0.4 is 10.1 Å². The van der Waals surface area contributed by atoms with Gasteiger partial charge < -0.3 is 15.2 Å². The molecule has 4 rings (SSSR count). The van der Waals surface area contributed by atoms with Crippen LogP contribution in [-0.2, 0) is 11.4 Å². The van der Waals surface area contributed by atoms with E-state index >= 15 is 0 Å². The van der Waals surface area contributed by atoms with Gasteiger partial charge in [0.15, 0.2) is 10.9 Å². The lowest BCUT2D eigenvalue weighted by molar-refractivity contribution is -0.115. The number of ether oxygens (including phenoxy) is 1. The Bertz CT molecular complexity index is 1390. The first-order chi connectivity index (χ1) is 17.1. The number of amidine groups is 1. The van der Waals surface area contributed by atoms with Gasteiger partial charge in [-0.25, -0.2) is 9.79 Å². The number of aromatic carboxylic acids is 1. The lowest BCUT2D eigenvalue weighted by atomic mass is 10.1. The number of benzene rings is 3. The first kappa shape index (κ1) is 26.5. The zero-order valence-corrected chi connectivity index (χ0v) is 23.8. The Labute approximate surface area is 234 Å². The van der Waals surface area contributed by atoms with Gasteiger partial charge in [0.2, 0.25) is 0 Å². The minimum absolute atomic E-state index is 0.208. The number of thioether (sulfide) groups is 1. The average molecular weight is 651 g/mol. The van der Waals surface area contributed by atoms with Gasteiger partial charge in [-0.1, -0.05) is 39.7 Å². The summed E-state index contributed by atoms with van der Waals surface area (Å²) in [7, 11) is 0. The molecule has 0 aliphatic carbocycles. The highest BCUT2D eigenvalue weighted by atomic mass is 79.9. The summed E-state index contributed by atoms with van der Waals surface area (Å²) in [6.45, 7) is 4.21. The summed E-state index contributed by atoms with van der Waals surface area (Å²) in [6.07, 6.45) is 1.74. The Kier molecular flexibility index (Phi) is 8.24. The van der Waals surface area contributed by atoms with Crippen molar-refractivity contribution in [2.24, 2.45) is 4.99 Å². The molecule has 0 atom stereocenters. The van der Waals surface area contributed by atoms with Crippen molar-refractivity contribution in [3.8, 4) is 5.75 Å². The second-order valence-corrected chi connectivity index (χ2v) is 11.1. The molecule has 0 spiro atoms. The molecule has 1 heterocycles. The fourth-order valence-electron chi connectivity index (χ4n) is 3.44. The van der Waals surface area contributed by atoms with Crippen LogP contribution in [0.5, 0.6) is 5.75 Å². The van der Waals surface area contributed by atoms with Gasteiger partial charge in [0.05, 0.1) is 25.7 Å². The third-order valence-electron chi connectivity index (χ3n) is 5.21. The number of carbonyl (C=O) groups is 2. The van der Waals surface area contributed by atoms with E-state index in [9.17, 15) is 9.59 Å². The van der Waals surface area contributed by atoms with E-state index < -0.39 is 5.97 Å². The maximum atomic E-state index is 12.5. The zero-order valence-electron chi connectivity index (χ0n) is 19.1. The summed E-state index contributed by atoms with van der Waals surface area (Å²) < 4.78 is 7.53. The van der Waals surface area contributed by atoms with Gasteiger partial charge in [0.25, 0.3) is 5.91 Å². The van der Waals surface area contributed by atoms with E-state index in [0.29, 0.717) is 25.3 Å². The van der Waals surface area contributed by atoms with Crippen molar-refractivity contribution in [1.82, 2.24) is 5.32 Å². The highest BCUT2D eigenvalue weighted by Gasteiger charge is 2.24. The van der Waals surface area contributed by atoms with Gasteiger partial charge >= 0.3 is 5.97 Å². The second kappa shape index (κ2) is 11.2. The standard InChI is InChI=1S/C26H19Br2ClN2O4S/c1-13-7-18(8-14(2)22(13)28)30-26-31-24(32)21(36-26)11-16-9-19(27)23(20(29)10-16)35-12-15-3-5-17(6-4-15)25(33)34/h3-11H,12H2,1-2H3,(H,33,34)(H,30,31,32)/b21-11-. The molecule has 2 N–H and O–H groups in total. The highest BCUT2D eigenvalue weighted by Crippen LogP contribution is 2.37. The van der Waals surface area contributed by atoms with E-state index in [1.807, 2.05) is 32.0 Å². The van der Waals surface area contributed by atoms with E-state index in [1.54, 1.807) is 24.3 Å². The molecule has 6 nitrogen and oxygen atoms in total. The van der Waals surface area contributed by atoms with Crippen molar-refractivity contribution in [3.05, 3.63) is 95.2 Å². The smallest absolute Gasteiger partial charge is 0.335 e. The predicted octanol–water partition coefficient (Wildman–Crippen LogP) is 7.65. The third kappa shape index (κ3) is 6.21. The summed E-state index contributed by atoms with van der Waals surface area (Å²) >= 11 is 14.8. The molecular weight excluding hydrogens is 632 g/mol. The summed E-state index contributed by atoms with van der Waals surface area (Å²) in [5.41, 5.74) is 4.63. The molecule has 0 aromatic heterocycles.